The molecular weight excluding hydrogens is 379 g/mol. The molecule has 7 heteroatoms. The van der Waals surface area contributed by atoms with E-state index in [4.69, 9.17) is 0 Å². The summed E-state index contributed by atoms with van der Waals surface area (Å²) < 4.78 is 39.4. The van der Waals surface area contributed by atoms with Crippen molar-refractivity contribution in [3.8, 4) is 11.4 Å². The Morgan fingerprint density at radius 2 is 1.72 bits per heavy atom. The summed E-state index contributed by atoms with van der Waals surface area (Å²) in [7, 11) is 0. The number of imidazole rings is 1. The van der Waals surface area contributed by atoms with Gasteiger partial charge in [-0.1, -0.05) is 60.7 Å². The summed E-state index contributed by atoms with van der Waals surface area (Å²) >= 11 is 0. The van der Waals surface area contributed by atoms with Gasteiger partial charge < -0.3 is 9.88 Å². The molecule has 1 fully saturated rings. The minimum atomic E-state index is -4.46. The molecule has 150 valence electrons. The lowest BCUT2D eigenvalue weighted by Gasteiger charge is -2.23. The second-order valence-electron chi connectivity index (χ2n) is 7.29. The number of aromatic amines is 1. The first-order valence-corrected chi connectivity index (χ1v) is 9.40. The van der Waals surface area contributed by atoms with Gasteiger partial charge in [-0.25, -0.2) is 4.98 Å². The van der Waals surface area contributed by atoms with E-state index < -0.39 is 24.5 Å². The van der Waals surface area contributed by atoms with E-state index in [2.05, 4.69) is 9.97 Å². The minimum Gasteiger partial charge on any atom is -0.340 e. The molecule has 1 aliphatic rings. The van der Waals surface area contributed by atoms with Crippen LogP contribution in [-0.2, 0) is 11.3 Å². The van der Waals surface area contributed by atoms with Crippen molar-refractivity contribution >= 4 is 5.91 Å². The minimum absolute atomic E-state index is 0.0129. The molecule has 0 saturated heterocycles. The fourth-order valence-corrected chi connectivity index (χ4v) is 3.59. The van der Waals surface area contributed by atoms with E-state index in [-0.39, 0.29) is 12.5 Å². The second kappa shape index (κ2) is 7.73. The summed E-state index contributed by atoms with van der Waals surface area (Å²) in [6.45, 7) is -1.43. The van der Waals surface area contributed by atoms with Crippen molar-refractivity contribution in [1.29, 1.82) is 0 Å². The van der Waals surface area contributed by atoms with Gasteiger partial charge in [0.1, 0.15) is 12.4 Å². The third-order valence-electron chi connectivity index (χ3n) is 5.05. The van der Waals surface area contributed by atoms with Crippen LogP contribution < -0.4 is 0 Å². The number of halogens is 3. The third kappa shape index (κ3) is 4.67. The Hall–Kier alpha value is -3.09. The zero-order valence-corrected chi connectivity index (χ0v) is 15.6. The number of hydrogen-bond donors (Lipinski definition) is 1. The fourth-order valence-electron chi connectivity index (χ4n) is 3.59. The number of carbonyl (C=O) groups is 1. The van der Waals surface area contributed by atoms with E-state index in [1.54, 1.807) is 0 Å². The Bertz CT molecular complexity index is 970. The van der Waals surface area contributed by atoms with E-state index in [0.29, 0.717) is 17.9 Å². The van der Waals surface area contributed by atoms with Crippen LogP contribution in [0.1, 0.15) is 23.6 Å². The summed E-state index contributed by atoms with van der Waals surface area (Å²) in [5.74, 6) is -0.321. The predicted molar refractivity (Wildman–Crippen MR) is 103 cm³/mol. The van der Waals surface area contributed by atoms with Crippen LogP contribution >= 0.6 is 0 Å². The van der Waals surface area contributed by atoms with Gasteiger partial charge in [-0.15, -0.1) is 0 Å². The van der Waals surface area contributed by atoms with Gasteiger partial charge in [0.2, 0.25) is 5.91 Å². The van der Waals surface area contributed by atoms with Gasteiger partial charge in [0.15, 0.2) is 0 Å². The molecule has 0 radical (unpaired) electrons. The lowest BCUT2D eigenvalue weighted by Crippen LogP contribution is -2.39. The molecule has 1 aliphatic carbocycles. The second-order valence-corrected chi connectivity index (χ2v) is 7.29. The first kappa shape index (κ1) is 19.2. The topological polar surface area (TPSA) is 49.0 Å². The quantitative estimate of drug-likeness (QED) is 0.649. The van der Waals surface area contributed by atoms with Crippen LogP contribution in [0.3, 0.4) is 0 Å². The number of nitrogens with one attached hydrogen (secondary N) is 1. The Morgan fingerprint density at radius 1 is 1.07 bits per heavy atom. The molecule has 2 aromatic carbocycles. The fraction of sp³-hybridized carbons (Fsp3) is 0.273. The standard InChI is InChI=1S/C22H20F3N3O/c23-22(24,25)14-28(21(29)19-11-18(19)15-7-3-1-4-8-15)13-17-12-26-20(27-17)16-9-5-2-6-10-16/h1-10,12,18-19H,11,13-14H2,(H,26,27)/t18-,19+/m0/s1. The van der Waals surface area contributed by atoms with Crippen LogP contribution in [0.15, 0.2) is 66.9 Å². The third-order valence-corrected chi connectivity index (χ3v) is 5.05. The number of benzene rings is 2. The van der Waals surface area contributed by atoms with Crippen LogP contribution in [0, 0.1) is 5.92 Å². The summed E-state index contributed by atoms with van der Waals surface area (Å²) in [4.78, 5) is 21.0. The molecule has 3 aromatic rings. The average Bonchev–Trinajstić information content (AvgIpc) is 3.38. The zero-order valence-electron chi connectivity index (χ0n) is 15.6. The highest BCUT2D eigenvalue weighted by molar-refractivity contribution is 5.83. The van der Waals surface area contributed by atoms with Gasteiger partial charge >= 0.3 is 6.18 Å². The van der Waals surface area contributed by atoms with Crippen LogP contribution in [0.2, 0.25) is 0 Å². The normalized spacial score (nSPS) is 18.4. The number of alkyl halides is 3. The van der Waals surface area contributed by atoms with Crippen molar-refractivity contribution in [1.82, 2.24) is 14.9 Å². The molecule has 0 unspecified atom stereocenters. The van der Waals surface area contributed by atoms with Crippen LogP contribution in [0.4, 0.5) is 13.2 Å². The molecule has 0 spiro atoms. The molecule has 1 heterocycles. The Kier molecular flexibility index (Phi) is 5.13. The maximum absolute atomic E-state index is 13.1. The molecule has 0 bridgehead atoms. The molecule has 4 rings (SSSR count). The van der Waals surface area contributed by atoms with Crippen LogP contribution in [0.25, 0.3) is 11.4 Å². The molecule has 2 atom stereocenters. The number of H-pyrrole nitrogens is 1. The molecule has 1 aromatic heterocycles. The van der Waals surface area contributed by atoms with Crippen molar-refractivity contribution in [2.75, 3.05) is 6.54 Å². The van der Waals surface area contributed by atoms with Crippen molar-refractivity contribution in [2.45, 2.75) is 25.1 Å². The van der Waals surface area contributed by atoms with Gasteiger partial charge in [0.05, 0.1) is 18.4 Å². The van der Waals surface area contributed by atoms with Crippen LogP contribution in [-0.4, -0.2) is 33.5 Å². The van der Waals surface area contributed by atoms with E-state index in [1.165, 1.54) is 6.20 Å². The van der Waals surface area contributed by atoms with E-state index in [0.717, 1.165) is 16.0 Å². The molecular formula is C22H20F3N3O. The largest absolute Gasteiger partial charge is 0.406 e. The lowest BCUT2D eigenvalue weighted by atomic mass is 10.1. The molecule has 0 aliphatic heterocycles. The van der Waals surface area contributed by atoms with Crippen molar-refractivity contribution in [2.24, 2.45) is 5.92 Å². The van der Waals surface area contributed by atoms with Gasteiger partial charge in [-0.05, 0) is 17.9 Å². The highest BCUT2D eigenvalue weighted by Crippen LogP contribution is 2.48. The lowest BCUT2D eigenvalue weighted by molar-refractivity contribution is -0.163. The van der Waals surface area contributed by atoms with Crippen molar-refractivity contribution < 1.29 is 18.0 Å². The number of rotatable bonds is 6. The first-order chi connectivity index (χ1) is 13.9. The molecule has 1 saturated carbocycles. The van der Waals surface area contributed by atoms with Crippen molar-refractivity contribution in [3.05, 3.63) is 78.1 Å². The number of carbonyl (C=O) groups excluding carboxylic acids is 1. The average molecular weight is 399 g/mol. The van der Waals surface area contributed by atoms with Gasteiger partial charge in [0.25, 0.3) is 0 Å². The van der Waals surface area contributed by atoms with Crippen molar-refractivity contribution in [3.63, 3.8) is 0 Å². The number of amides is 1. The summed E-state index contributed by atoms with van der Waals surface area (Å²) in [5.41, 5.74) is 2.29. The Labute approximate surface area is 166 Å². The SMILES string of the molecule is O=C([C@@H]1C[C@H]1c1ccccc1)N(Cc1cnc(-c2ccccc2)[nH]1)CC(F)(F)F. The highest BCUT2D eigenvalue weighted by Gasteiger charge is 2.47. The molecule has 1 N–H and O–H groups in total. The first-order valence-electron chi connectivity index (χ1n) is 9.40. The maximum atomic E-state index is 13.1. The Morgan fingerprint density at radius 3 is 2.38 bits per heavy atom. The highest BCUT2D eigenvalue weighted by atomic mass is 19.4. The monoisotopic (exact) mass is 399 g/mol. The molecule has 1 amide bonds. The summed E-state index contributed by atoms with van der Waals surface area (Å²) in [5, 5.41) is 0. The van der Waals surface area contributed by atoms with Gasteiger partial charge in [0, 0.05) is 11.5 Å². The number of hydrogen-bond acceptors (Lipinski definition) is 2. The Balaban J connectivity index is 1.49. The van der Waals surface area contributed by atoms with E-state index >= 15 is 0 Å². The molecule has 4 nitrogen and oxygen atoms in total. The van der Waals surface area contributed by atoms with Gasteiger partial charge in [-0.3, -0.25) is 4.79 Å². The maximum Gasteiger partial charge on any atom is 0.406 e. The smallest absolute Gasteiger partial charge is 0.340 e. The van der Waals surface area contributed by atoms with E-state index in [1.807, 2.05) is 60.7 Å². The number of nitrogens with zero attached hydrogens (tertiary/aromatic N) is 2. The van der Waals surface area contributed by atoms with Crippen LogP contribution in [0.5, 0.6) is 0 Å². The van der Waals surface area contributed by atoms with E-state index in [9.17, 15) is 18.0 Å². The summed E-state index contributed by atoms with van der Waals surface area (Å²) in [6, 6.07) is 18.7. The number of aromatic nitrogens is 2. The molecule has 29 heavy (non-hydrogen) atoms. The van der Waals surface area contributed by atoms with Gasteiger partial charge in [-0.2, -0.15) is 13.2 Å². The predicted octanol–water partition coefficient (Wildman–Crippen LogP) is 4.77. The summed E-state index contributed by atoms with van der Waals surface area (Å²) in [6.07, 6.45) is -2.40. The zero-order chi connectivity index (χ0) is 20.4.